The second kappa shape index (κ2) is 7.90. The first-order valence-electron chi connectivity index (χ1n) is 9.32. The van der Waals surface area contributed by atoms with Gasteiger partial charge in [0.15, 0.2) is 0 Å². The number of ether oxygens (including phenoxy) is 2. The van der Waals surface area contributed by atoms with E-state index in [1.54, 1.807) is 18.4 Å². The van der Waals surface area contributed by atoms with Gasteiger partial charge >= 0.3 is 0 Å². The maximum absolute atomic E-state index is 12.8. The molecule has 0 aliphatic carbocycles. The molecule has 2 saturated heterocycles. The maximum Gasteiger partial charge on any atom is 0.255 e. The number of benzene rings is 1. The molecule has 1 aromatic heterocycles. The lowest BCUT2D eigenvalue weighted by atomic mass is 9.99. The molecule has 26 heavy (non-hydrogen) atoms. The standard InChI is InChI=1S/C19H25N3O3S/c1-24-16-11-15-17(26-19(22-15)12-2-6-20-7-3-12)10-14(16)18(23)21-13-4-8-25-9-5-13/h10-13,20H,2-9H2,1H3,(H,21,23). The Morgan fingerprint density at radius 3 is 2.77 bits per heavy atom. The van der Waals surface area contributed by atoms with Gasteiger partial charge in [0.2, 0.25) is 0 Å². The van der Waals surface area contributed by atoms with Crippen LogP contribution in [0.2, 0.25) is 0 Å². The highest BCUT2D eigenvalue weighted by Crippen LogP contribution is 2.35. The third-order valence-electron chi connectivity index (χ3n) is 5.22. The molecule has 1 aromatic carbocycles. The fraction of sp³-hybridized carbons (Fsp3) is 0.579. The molecule has 0 atom stereocenters. The molecular weight excluding hydrogens is 350 g/mol. The smallest absolute Gasteiger partial charge is 0.255 e. The Kier molecular flexibility index (Phi) is 5.38. The van der Waals surface area contributed by atoms with Crippen LogP contribution >= 0.6 is 11.3 Å². The molecule has 0 bridgehead atoms. The number of nitrogens with zero attached hydrogens (tertiary/aromatic N) is 1. The van der Waals surface area contributed by atoms with Gasteiger partial charge < -0.3 is 20.1 Å². The van der Waals surface area contributed by atoms with Gasteiger partial charge in [0.05, 0.1) is 27.9 Å². The lowest BCUT2D eigenvalue weighted by Gasteiger charge is -2.23. The minimum Gasteiger partial charge on any atom is -0.496 e. The first kappa shape index (κ1) is 17.7. The highest BCUT2D eigenvalue weighted by atomic mass is 32.1. The summed E-state index contributed by atoms with van der Waals surface area (Å²) in [6.07, 6.45) is 3.95. The van der Waals surface area contributed by atoms with Crippen LogP contribution in [0.1, 0.15) is 47.0 Å². The summed E-state index contributed by atoms with van der Waals surface area (Å²) in [4.78, 5) is 17.6. The van der Waals surface area contributed by atoms with Gasteiger partial charge in [-0.3, -0.25) is 4.79 Å². The summed E-state index contributed by atoms with van der Waals surface area (Å²) in [7, 11) is 1.60. The monoisotopic (exact) mass is 375 g/mol. The van der Waals surface area contributed by atoms with Crippen molar-refractivity contribution in [3.63, 3.8) is 0 Å². The average molecular weight is 375 g/mol. The number of methoxy groups -OCH3 is 1. The van der Waals surface area contributed by atoms with E-state index in [0.29, 0.717) is 30.4 Å². The largest absolute Gasteiger partial charge is 0.496 e. The molecule has 2 aliphatic rings. The van der Waals surface area contributed by atoms with Gasteiger partial charge in [0.25, 0.3) is 5.91 Å². The Hall–Kier alpha value is -1.70. The van der Waals surface area contributed by atoms with E-state index >= 15 is 0 Å². The number of piperidine rings is 1. The van der Waals surface area contributed by atoms with Crippen LogP contribution in [-0.4, -0.2) is 50.3 Å². The third kappa shape index (κ3) is 3.70. The Balaban J connectivity index is 1.59. The Bertz CT molecular complexity index is 780. The maximum atomic E-state index is 12.8. The normalized spacial score (nSPS) is 19.6. The fourth-order valence-electron chi connectivity index (χ4n) is 3.67. The minimum absolute atomic E-state index is 0.0764. The van der Waals surface area contributed by atoms with Crippen LogP contribution in [0.5, 0.6) is 5.75 Å². The Morgan fingerprint density at radius 1 is 1.27 bits per heavy atom. The van der Waals surface area contributed by atoms with Crippen molar-refractivity contribution in [2.24, 2.45) is 0 Å². The SMILES string of the molecule is COc1cc2nc(C3CCNCC3)sc2cc1C(=O)NC1CCOCC1. The minimum atomic E-state index is -0.0764. The molecule has 3 heterocycles. The quantitative estimate of drug-likeness (QED) is 0.860. The molecule has 0 saturated carbocycles. The van der Waals surface area contributed by atoms with Gasteiger partial charge in [0, 0.05) is 31.2 Å². The van der Waals surface area contributed by atoms with Crippen molar-refractivity contribution in [3.8, 4) is 5.75 Å². The molecule has 2 fully saturated rings. The van der Waals surface area contributed by atoms with Crippen molar-refractivity contribution in [1.29, 1.82) is 0 Å². The Morgan fingerprint density at radius 2 is 2.04 bits per heavy atom. The van der Waals surface area contributed by atoms with Crippen molar-refractivity contribution < 1.29 is 14.3 Å². The van der Waals surface area contributed by atoms with E-state index in [9.17, 15) is 4.79 Å². The second-order valence-electron chi connectivity index (χ2n) is 6.96. The molecule has 7 heteroatoms. The van der Waals surface area contributed by atoms with Crippen LogP contribution in [0, 0.1) is 0 Å². The van der Waals surface area contributed by atoms with Crippen LogP contribution in [-0.2, 0) is 4.74 Å². The highest BCUT2D eigenvalue weighted by Gasteiger charge is 2.23. The predicted molar refractivity (Wildman–Crippen MR) is 102 cm³/mol. The number of aromatic nitrogens is 1. The van der Waals surface area contributed by atoms with Crippen molar-refractivity contribution in [1.82, 2.24) is 15.6 Å². The number of carbonyl (C=O) groups excluding carboxylic acids is 1. The fourth-order valence-corrected chi connectivity index (χ4v) is 4.83. The third-order valence-corrected chi connectivity index (χ3v) is 6.40. The molecule has 4 rings (SSSR count). The number of rotatable bonds is 4. The number of fused-ring (bicyclic) bond motifs is 1. The Labute approximate surface area is 157 Å². The number of thiazole rings is 1. The average Bonchev–Trinajstić information content (AvgIpc) is 3.11. The molecule has 0 unspecified atom stereocenters. The summed E-state index contributed by atoms with van der Waals surface area (Å²) in [6, 6.07) is 4.00. The zero-order valence-corrected chi connectivity index (χ0v) is 15.9. The molecule has 140 valence electrons. The molecule has 2 N–H and O–H groups in total. The van der Waals surface area contributed by atoms with Crippen LogP contribution < -0.4 is 15.4 Å². The van der Waals surface area contributed by atoms with Crippen LogP contribution in [0.15, 0.2) is 12.1 Å². The van der Waals surface area contributed by atoms with Gasteiger partial charge in [-0.1, -0.05) is 0 Å². The van der Waals surface area contributed by atoms with E-state index in [0.717, 1.165) is 49.0 Å². The van der Waals surface area contributed by atoms with E-state index in [1.807, 2.05) is 12.1 Å². The molecule has 2 aromatic rings. The summed E-state index contributed by atoms with van der Waals surface area (Å²) in [5.41, 5.74) is 1.51. The van der Waals surface area contributed by atoms with E-state index in [2.05, 4.69) is 10.6 Å². The zero-order chi connectivity index (χ0) is 17.9. The van der Waals surface area contributed by atoms with Gasteiger partial charge in [-0.2, -0.15) is 0 Å². The van der Waals surface area contributed by atoms with Gasteiger partial charge in [0.1, 0.15) is 5.75 Å². The number of nitrogens with one attached hydrogen (secondary N) is 2. The first-order chi connectivity index (χ1) is 12.7. The van der Waals surface area contributed by atoms with Crippen molar-refractivity contribution in [2.45, 2.75) is 37.6 Å². The van der Waals surface area contributed by atoms with Gasteiger partial charge in [-0.25, -0.2) is 4.98 Å². The molecule has 0 radical (unpaired) electrons. The summed E-state index contributed by atoms with van der Waals surface area (Å²) in [5.74, 6) is 1.02. The molecule has 2 aliphatic heterocycles. The number of hydrogen-bond donors (Lipinski definition) is 2. The molecule has 1 amide bonds. The van der Waals surface area contributed by atoms with Crippen LogP contribution in [0.3, 0.4) is 0 Å². The van der Waals surface area contributed by atoms with Crippen LogP contribution in [0.25, 0.3) is 10.2 Å². The number of hydrogen-bond acceptors (Lipinski definition) is 6. The molecular formula is C19H25N3O3S. The number of amides is 1. The molecule has 6 nitrogen and oxygen atoms in total. The van der Waals surface area contributed by atoms with E-state index in [-0.39, 0.29) is 11.9 Å². The van der Waals surface area contributed by atoms with Crippen molar-refractivity contribution in [3.05, 3.63) is 22.7 Å². The second-order valence-corrected chi connectivity index (χ2v) is 8.02. The van der Waals surface area contributed by atoms with Gasteiger partial charge in [-0.05, 0) is 44.8 Å². The van der Waals surface area contributed by atoms with Crippen LogP contribution in [0.4, 0.5) is 0 Å². The van der Waals surface area contributed by atoms with E-state index < -0.39 is 0 Å². The lowest BCUT2D eigenvalue weighted by Crippen LogP contribution is -2.39. The molecule has 0 spiro atoms. The highest BCUT2D eigenvalue weighted by molar-refractivity contribution is 7.18. The lowest BCUT2D eigenvalue weighted by molar-refractivity contribution is 0.0695. The summed E-state index contributed by atoms with van der Waals surface area (Å²) >= 11 is 1.71. The topological polar surface area (TPSA) is 72.5 Å². The number of carbonyl (C=O) groups is 1. The zero-order valence-electron chi connectivity index (χ0n) is 15.0. The van der Waals surface area contributed by atoms with E-state index in [1.165, 1.54) is 5.01 Å². The first-order valence-corrected chi connectivity index (χ1v) is 10.1. The van der Waals surface area contributed by atoms with Crippen molar-refractivity contribution >= 4 is 27.5 Å². The van der Waals surface area contributed by atoms with Crippen molar-refractivity contribution in [2.75, 3.05) is 33.4 Å². The summed E-state index contributed by atoms with van der Waals surface area (Å²) in [5, 5.41) is 7.69. The summed E-state index contributed by atoms with van der Waals surface area (Å²) < 4.78 is 11.9. The van der Waals surface area contributed by atoms with E-state index in [4.69, 9.17) is 14.5 Å². The predicted octanol–water partition coefficient (Wildman–Crippen LogP) is 2.68. The van der Waals surface area contributed by atoms with Gasteiger partial charge in [-0.15, -0.1) is 11.3 Å². The summed E-state index contributed by atoms with van der Waals surface area (Å²) in [6.45, 7) is 3.50.